The molecule has 1 saturated heterocycles. The van der Waals surface area contributed by atoms with Crippen molar-refractivity contribution in [2.75, 3.05) is 13.1 Å². The molecule has 1 fully saturated rings. The number of carbonyl (C=O) groups excluding carboxylic acids is 1. The molecule has 0 bridgehead atoms. The lowest BCUT2D eigenvalue weighted by molar-refractivity contribution is -0.384. The van der Waals surface area contributed by atoms with Gasteiger partial charge in [-0.25, -0.2) is 0 Å². The number of piperidine rings is 1. The molecule has 1 aromatic carbocycles. The van der Waals surface area contributed by atoms with Gasteiger partial charge in [0.2, 0.25) is 5.91 Å². The van der Waals surface area contributed by atoms with E-state index in [2.05, 4.69) is 6.92 Å². The fourth-order valence-electron chi connectivity index (χ4n) is 3.06. The van der Waals surface area contributed by atoms with Crippen LogP contribution in [0.2, 0.25) is 0 Å². The number of rotatable bonds is 3. The molecule has 0 saturated carbocycles. The van der Waals surface area contributed by atoms with Crippen LogP contribution in [-0.4, -0.2) is 33.4 Å². The molecule has 2 aromatic rings. The van der Waals surface area contributed by atoms with Crippen LogP contribution in [0.25, 0.3) is 10.9 Å². The van der Waals surface area contributed by atoms with E-state index in [1.807, 2.05) is 0 Å². The van der Waals surface area contributed by atoms with Crippen molar-refractivity contribution in [3.63, 3.8) is 0 Å². The van der Waals surface area contributed by atoms with Gasteiger partial charge in [0.05, 0.1) is 10.4 Å². The van der Waals surface area contributed by atoms with Crippen LogP contribution in [0, 0.1) is 16.0 Å². The van der Waals surface area contributed by atoms with Gasteiger partial charge in [0.1, 0.15) is 6.54 Å². The highest BCUT2D eigenvalue weighted by Crippen LogP contribution is 2.20. The van der Waals surface area contributed by atoms with Crippen LogP contribution in [0.15, 0.2) is 35.1 Å². The molecule has 7 heteroatoms. The molecule has 0 radical (unpaired) electrons. The van der Waals surface area contributed by atoms with Crippen molar-refractivity contribution in [2.24, 2.45) is 5.92 Å². The molecule has 1 aromatic heterocycles. The van der Waals surface area contributed by atoms with Gasteiger partial charge in [0.15, 0.2) is 0 Å². The van der Waals surface area contributed by atoms with Crippen molar-refractivity contribution in [1.82, 2.24) is 9.47 Å². The summed E-state index contributed by atoms with van der Waals surface area (Å²) in [7, 11) is 0. The zero-order chi connectivity index (χ0) is 17.3. The number of amides is 1. The molecule has 0 unspecified atom stereocenters. The van der Waals surface area contributed by atoms with Gasteiger partial charge in [-0.15, -0.1) is 0 Å². The van der Waals surface area contributed by atoms with Crippen molar-refractivity contribution in [1.29, 1.82) is 0 Å². The van der Waals surface area contributed by atoms with Crippen molar-refractivity contribution in [3.05, 3.63) is 50.8 Å². The van der Waals surface area contributed by atoms with Gasteiger partial charge in [-0.05, 0) is 30.9 Å². The molecule has 2 heterocycles. The molecule has 7 nitrogen and oxygen atoms in total. The lowest BCUT2D eigenvalue weighted by Gasteiger charge is -2.30. The molecular formula is C17H19N3O4. The average Bonchev–Trinajstić information content (AvgIpc) is 2.57. The molecule has 24 heavy (non-hydrogen) atoms. The second-order valence-corrected chi connectivity index (χ2v) is 6.32. The Balaban J connectivity index is 1.91. The van der Waals surface area contributed by atoms with Crippen LogP contribution in [0.4, 0.5) is 5.69 Å². The number of pyridine rings is 1. The minimum atomic E-state index is -0.477. The zero-order valence-corrected chi connectivity index (χ0v) is 13.5. The Morgan fingerprint density at radius 3 is 2.62 bits per heavy atom. The maximum atomic E-state index is 12.5. The Bertz CT molecular complexity index is 851. The molecule has 1 aliphatic rings. The summed E-state index contributed by atoms with van der Waals surface area (Å²) >= 11 is 0. The quantitative estimate of drug-likeness (QED) is 0.638. The number of likely N-dealkylation sites (tertiary alicyclic amines) is 1. The fourth-order valence-corrected chi connectivity index (χ4v) is 3.06. The van der Waals surface area contributed by atoms with Crippen molar-refractivity contribution < 1.29 is 9.72 Å². The number of fused-ring (bicyclic) bond motifs is 1. The van der Waals surface area contributed by atoms with Gasteiger partial charge < -0.3 is 4.90 Å². The van der Waals surface area contributed by atoms with Crippen LogP contribution >= 0.6 is 0 Å². The molecule has 3 rings (SSSR count). The maximum absolute atomic E-state index is 12.5. The van der Waals surface area contributed by atoms with E-state index in [4.69, 9.17) is 0 Å². The number of aromatic nitrogens is 1. The third-order valence-corrected chi connectivity index (χ3v) is 4.61. The van der Waals surface area contributed by atoms with Crippen LogP contribution in [-0.2, 0) is 11.3 Å². The number of nitro groups is 1. The Morgan fingerprint density at radius 2 is 1.96 bits per heavy atom. The lowest BCUT2D eigenvalue weighted by atomic mass is 9.99. The molecular weight excluding hydrogens is 310 g/mol. The molecule has 0 aliphatic carbocycles. The van der Waals surface area contributed by atoms with Gasteiger partial charge in [-0.1, -0.05) is 6.92 Å². The first-order valence-electron chi connectivity index (χ1n) is 8.01. The number of hydrogen-bond donors (Lipinski definition) is 0. The predicted octanol–water partition coefficient (Wildman–Crippen LogP) is 2.17. The molecule has 1 amide bonds. The van der Waals surface area contributed by atoms with E-state index in [9.17, 15) is 19.7 Å². The highest BCUT2D eigenvalue weighted by molar-refractivity contribution is 5.84. The van der Waals surface area contributed by atoms with E-state index < -0.39 is 4.92 Å². The summed E-state index contributed by atoms with van der Waals surface area (Å²) in [4.78, 5) is 36.9. The fraction of sp³-hybridized carbons (Fsp3) is 0.412. The number of hydrogen-bond acceptors (Lipinski definition) is 4. The number of carbonyl (C=O) groups is 1. The van der Waals surface area contributed by atoms with E-state index >= 15 is 0 Å². The number of non-ortho nitro benzene ring substituents is 1. The normalized spacial score (nSPS) is 15.6. The minimum absolute atomic E-state index is 0.0379. The number of nitro benzene ring substituents is 1. The van der Waals surface area contributed by atoms with E-state index in [0.717, 1.165) is 12.8 Å². The topological polar surface area (TPSA) is 85.5 Å². The van der Waals surface area contributed by atoms with Gasteiger partial charge in [0, 0.05) is 36.7 Å². The van der Waals surface area contributed by atoms with Crippen LogP contribution < -0.4 is 5.56 Å². The first kappa shape index (κ1) is 16.2. The van der Waals surface area contributed by atoms with Crippen LogP contribution in [0.3, 0.4) is 0 Å². The Morgan fingerprint density at radius 1 is 1.25 bits per heavy atom. The molecule has 1 aliphatic heterocycles. The molecule has 0 N–H and O–H groups in total. The Kier molecular flexibility index (Phi) is 4.33. The van der Waals surface area contributed by atoms with E-state index in [1.54, 1.807) is 11.0 Å². The second-order valence-electron chi connectivity index (χ2n) is 6.32. The molecule has 0 spiro atoms. The summed E-state index contributed by atoms with van der Waals surface area (Å²) in [6.07, 6.45) is 1.95. The van der Waals surface area contributed by atoms with Crippen molar-refractivity contribution in [3.8, 4) is 0 Å². The summed E-state index contributed by atoms with van der Waals surface area (Å²) in [6.45, 7) is 3.56. The molecule has 126 valence electrons. The highest BCUT2D eigenvalue weighted by Gasteiger charge is 2.21. The Labute approximate surface area is 138 Å². The first-order chi connectivity index (χ1) is 11.5. The summed E-state index contributed by atoms with van der Waals surface area (Å²) in [5.41, 5.74) is 0.214. The molecule has 0 atom stereocenters. The van der Waals surface area contributed by atoms with Gasteiger partial charge in [-0.3, -0.25) is 24.3 Å². The maximum Gasteiger partial charge on any atom is 0.270 e. The number of nitrogens with zero attached hydrogens (tertiary/aromatic N) is 3. The first-order valence-corrected chi connectivity index (χ1v) is 8.01. The minimum Gasteiger partial charge on any atom is -0.341 e. The number of benzene rings is 1. The monoisotopic (exact) mass is 329 g/mol. The Hall–Kier alpha value is -2.70. The van der Waals surface area contributed by atoms with Crippen LogP contribution in [0.5, 0.6) is 0 Å². The summed E-state index contributed by atoms with van der Waals surface area (Å²) < 4.78 is 1.39. The van der Waals surface area contributed by atoms with E-state index in [-0.39, 0.29) is 23.7 Å². The highest BCUT2D eigenvalue weighted by atomic mass is 16.6. The summed E-state index contributed by atoms with van der Waals surface area (Å²) in [5.74, 6) is 0.532. The van der Waals surface area contributed by atoms with Crippen molar-refractivity contribution in [2.45, 2.75) is 26.3 Å². The summed E-state index contributed by atoms with van der Waals surface area (Å²) in [5, 5.41) is 11.5. The van der Waals surface area contributed by atoms with E-state index in [1.165, 1.54) is 28.8 Å². The third-order valence-electron chi connectivity index (χ3n) is 4.61. The van der Waals surface area contributed by atoms with Crippen LogP contribution in [0.1, 0.15) is 19.8 Å². The summed E-state index contributed by atoms with van der Waals surface area (Å²) in [6, 6.07) is 7.19. The van der Waals surface area contributed by atoms with Gasteiger partial charge >= 0.3 is 0 Å². The van der Waals surface area contributed by atoms with E-state index in [0.29, 0.717) is 29.9 Å². The smallest absolute Gasteiger partial charge is 0.270 e. The predicted molar refractivity (Wildman–Crippen MR) is 89.8 cm³/mol. The second kappa shape index (κ2) is 6.43. The third kappa shape index (κ3) is 3.15. The van der Waals surface area contributed by atoms with Crippen molar-refractivity contribution >= 4 is 22.5 Å². The standard InChI is InChI=1S/C17H19N3O4/c1-12-6-8-18(9-7-12)17(22)11-19-15-4-3-14(20(23)24)10-13(15)2-5-16(19)21/h2-5,10,12H,6-9,11H2,1H3. The van der Waals surface area contributed by atoms with Gasteiger partial charge in [0.25, 0.3) is 11.2 Å². The largest absolute Gasteiger partial charge is 0.341 e. The average molecular weight is 329 g/mol. The zero-order valence-electron chi connectivity index (χ0n) is 13.5. The lowest BCUT2D eigenvalue weighted by Crippen LogP contribution is -2.41. The van der Waals surface area contributed by atoms with Gasteiger partial charge in [-0.2, -0.15) is 0 Å². The SMILES string of the molecule is CC1CCN(C(=O)Cn2c(=O)ccc3cc([N+](=O)[O-])ccc32)CC1.